The molecule has 0 bridgehead atoms. The summed E-state index contributed by atoms with van der Waals surface area (Å²) in [6, 6.07) is 0.267. The van der Waals surface area contributed by atoms with Gasteiger partial charge >= 0.3 is 0 Å². The molecule has 0 aliphatic carbocycles. The molecule has 3 heterocycles. The fourth-order valence-electron chi connectivity index (χ4n) is 2.43. The highest BCUT2D eigenvalue weighted by atomic mass is 16.5. The number of aromatic nitrogens is 3. The van der Waals surface area contributed by atoms with Crippen molar-refractivity contribution in [3.63, 3.8) is 0 Å². The molecule has 2 aromatic heterocycles. The van der Waals surface area contributed by atoms with Crippen LogP contribution < -0.4 is 10.5 Å². The minimum atomic E-state index is -0.102. The Morgan fingerprint density at radius 2 is 2.39 bits per heavy atom. The van der Waals surface area contributed by atoms with Crippen molar-refractivity contribution in [1.82, 2.24) is 14.4 Å². The zero-order valence-corrected chi connectivity index (χ0v) is 10.5. The maximum Gasteiger partial charge on any atom is 0.274 e. The second-order valence-electron chi connectivity index (χ2n) is 4.62. The van der Waals surface area contributed by atoms with E-state index in [1.807, 2.05) is 17.5 Å². The van der Waals surface area contributed by atoms with Crippen LogP contribution in [0.15, 0.2) is 17.2 Å². The Hall–Kier alpha value is -1.82. The monoisotopic (exact) mass is 248 g/mol. The van der Waals surface area contributed by atoms with Crippen LogP contribution in [0.4, 0.5) is 5.95 Å². The summed E-state index contributed by atoms with van der Waals surface area (Å²) in [7, 11) is 0. The molecule has 1 fully saturated rings. The normalized spacial score (nSPS) is 20.6. The number of imidazole rings is 1. The van der Waals surface area contributed by atoms with E-state index in [1.54, 1.807) is 6.20 Å². The van der Waals surface area contributed by atoms with Gasteiger partial charge in [-0.3, -0.25) is 9.20 Å². The van der Waals surface area contributed by atoms with E-state index in [0.717, 1.165) is 18.2 Å². The van der Waals surface area contributed by atoms with Crippen molar-refractivity contribution < 1.29 is 4.74 Å². The fourth-order valence-corrected chi connectivity index (χ4v) is 2.43. The molecule has 3 rings (SSSR count). The van der Waals surface area contributed by atoms with E-state index >= 15 is 0 Å². The van der Waals surface area contributed by atoms with E-state index in [4.69, 9.17) is 4.74 Å². The van der Waals surface area contributed by atoms with Crippen molar-refractivity contribution in [2.75, 3.05) is 24.7 Å². The molecule has 1 unspecified atom stereocenters. The largest absolute Gasteiger partial charge is 0.377 e. The number of fused-ring (bicyclic) bond motifs is 1. The average Bonchev–Trinajstić information content (AvgIpc) is 2.69. The molecule has 0 aromatic carbocycles. The SMILES string of the molecule is Cc1nc(N2CCOCC2C)n2cc[nH]c(=O)c12. The smallest absolute Gasteiger partial charge is 0.274 e. The van der Waals surface area contributed by atoms with Crippen LogP contribution in [0.3, 0.4) is 0 Å². The maximum atomic E-state index is 11.8. The third-order valence-corrected chi connectivity index (χ3v) is 3.34. The van der Waals surface area contributed by atoms with Crippen LogP contribution in [0.1, 0.15) is 12.6 Å². The molecule has 6 nitrogen and oxygen atoms in total. The molecule has 0 amide bonds. The molecular formula is C12H16N4O2. The summed E-state index contributed by atoms with van der Waals surface area (Å²) in [5, 5.41) is 0. The Balaban J connectivity index is 2.18. The van der Waals surface area contributed by atoms with E-state index in [0.29, 0.717) is 18.7 Å². The van der Waals surface area contributed by atoms with Gasteiger partial charge in [-0.25, -0.2) is 4.98 Å². The second-order valence-corrected chi connectivity index (χ2v) is 4.62. The molecule has 6 heteroatoms. The van der Waals surface area contributed by atoms with Gasteiger partial charge in [0.1, 0.15) is 5.52 Å². The van der Waals surface area contributed by atoms with Gasteiger partial charge in [0, 0.05) is 18.9 Å². The molecule has 0 radical (unpaired) electrons. The van der Waals surface area contributed by atoms with Gasteiger partial charge < -0.3 is 14.6 Å². The molecule has 1 aliphatic rings. The van der Waals surface area contributed by atoms with Crippen molar-refractivity contribution in [2.45, 2.75) is 19.9 Å². The predicted molar refractivity (Wildman–Crippen MR) is 68.2 cm³/mol. The number of hydrogen-bond donors (Lipinski definition) is 1. The van der Waals surface area contributed by atoms with Crippen LogP contribution in [0.25, 0.3) is 5.52 Å². The van der Waals surface area contributed by atoms with E-state index in [1.165, 1.54) is 0 Å². The summed E-state index contributed by atoms with van der Waals surface area (Å²) < 4.78 is 7.29. The Labute approximate surface area is 104 Å². The minimum Gasteiger partial charge on any atom is -0.377 e. The van der Waals surface area contributed by atoms with Gasteiger partial charge in [0.05, 0.1) is 24.9 Å². The summed E-state index contributed by atoms with van der Waals surface area (Å²) in [5.74, 6) is 0.824. The summed E-state index contributed by atoms with van der Waals surface area (Å²) >= 11 is 0. The molecular weight excluding hydrogens is 232 g/mol. The Morgan fingerprint density at radius 1 is 1.56 bits per heavy atom. The topological polar surface area (TPSA) is 62.6 Å². The van der Waals surface area contributed by atoms with Crippen molar-refractivity contribution in [2.24, 2.45) is 0 Å². The predicted octanol–water partition coefficient (Wildman–Crippen LogP) is 0.556. The Kier molecular flexibility index (Phi) is 2.59. The van der Waals surface area contributed by atoms with Crippen molar-refractivity contribution in [3.05, 3.63) is 28.4 Å². The van der Waals surface area contributed by atoms with Crippen LogP contribution in [0.2, 0.25) is 0 Å². The first-order chi connectivity index (χ1) is 8.68. The van der Waals surface area contributed by atoms with Crippen LogP contribution in [0.5, 0.6) is 0 Å². The third kappa shape index (κ3) is 1.60. The first-order valence-electron chi connectivity index (χ1n) is 6.09. The molecule has 0 saturated carbocycles. The zero-order valence-electron chi connectivity index (χ0n) is 10.5. The fraction of sp³-hybridized carbons (Fsp3) is 0.500. The highest BCUT2D eigenvalue weighted by molar-refractivity contribution is 5.57. The van der Waals surface area contributed by atoms with Crippen LogP contribution in [0, 0.1) is 6.92 Å². The summed E-state index contributed by atoms with van der Waals surface area (Å²) in [6.45, 7) is 6.15. The molecule has 2 aromatic rings. The van der Waals surface area contributed by atoms with Gasteiger partial charge in [-0.15, -0.1) is 0 Å². The first-order valence-corrected chi connectivity index (χ1v) is 6.09. The lowest BCUT2D eigenvalue weighted by Gasteiger charge is -2.33. The second kappa shape index (κ2) is 4.13. The van der Waals surface area contributed by atoms with Gasteiger partial charge in [0.25, 0.3) is 5.56 Å². The standard InChI is InChI=1S/C12H16N4O2/c1-8-7-18-6-5-15(8)12-14-9(2)10-11(17)13-3-4-16(10)12/h3-4,8H,5-7H2,1-2H3,(H,13,17). The summed E-state index contributed by atoms with van der Waals surface area (Å²) in [6.07, 6.45) is 3.49. The summed E-state index contributed by atoms with van der Waals surface area (Å²) in [4.78, 5) is 21.2. The highest BCUT2D eigenvalue weighted by Gasteiger charge is 2.24. The molecule has 18 heavy (non-hydrogen) atoms. The van der Waals surface area contributed by atoms with Gasteiger partial charge in [-0.1, -0.05) is 0 Å². The number of H-pyrrole nitrogens is 1. The van der Waals surface area contributed by atoms with Crippen LogP contribution >= 0.6 is 0 Å². The lowest BCUT2D eigenvalue weighted by Crippen LogP contribution is -2.44. The average molecular weight is 248 g/mol. The van der Waals surface area contributed by atoms with Gasteiger partial charge in [0.15, 0.2) is 0 Å². The van der Waals surface area contributed by atoms with Gasteiger partial charge in [-0.05, 0) is 13.8 Å². The number of hydrogen-bond acceptors (Lipinski definition) is 4. The minimum absolute atomic E-state index is 0.102. The number of anilines is 1. The number of aryl methyl sites for hydroxylation is 1. The van der Waals surface area contributed by atoms with E-state index < -0.39 is 0 Å². The molecule has 1 aliphatic heterocycles. The van der Waals surface area contributed by atoms with Crippen LogP contribution in [-0.2, 0) is 4.74 Å². The van der Waals surface area contributed by atoms with Crippen molar-refractivity contribution in [1.29, 1.82) is 0 Å². The van der Waals surface area contributed by atoms with Crippen molar-refractivity contribution in [3.8, 4) is 0 Å². The quantitative estimate of drug-likeness (QED) is 0.801. The molecule has 1 saturated heterocycles. The molecule has 0 spiro atoms. The zero-order chi connectivity index (χ0) is 12.7. The van der Waals surface area contributed by atoms with Crippen LogP contribution in [-0.4, -0.2) is 40.2 Å². The lowest BCUT2D eigenvalue weighted by molar-refractivity contribution is 0.0980. The molecule has 1 N–H and O–H groups in total. The number of aromatic amines is 1. The Morgan fingerprint density at radius 3 is 3.17 bits per heavy atom. The number of ether oxygens (including phenoxy) is 1. The number of morpholine rings is 1. The first kappa shape index (κ1) is 11.3. The van der Waals surface area contributed by atoms with Crippen molar-refractivity contribution >= 4 is 11.5 Å². The molecule has 1 atom stereocenters. The molecule has 96 valence electrons. The Bertz CT molecular complexity index is 631. The lowest BCUT2D eigenvalue weighted by atomic mass is 10.3. The van der Waals surface area contributed by atoms with Gasteiger partial charge in [0.2, 0.25) is 5.95 Å². The number of nitrogens with one attached hydrogen (secondary N) is 1. The third-order valence-electron chi connectivity index (χ3n) is 3.34. The van der Waals surface area contributed by atoms with E-state index in [9.17, 15) is 4.79 Å². The van der Waals surface area contributed by atoms with E-state index in [-0.39, 0.29) is 11.6 Å². The van der Waals surface area contributed by atoms with Gasteiger partial charge in [-0.2, -0.15) is 0 Å². The summed E-state index contributed by atoms with van der Waals surface area (Å²) in [5.41, 5.74) is 1.27. The maximum absolute atomic E-state index is 11.8. The number of rotatable bonds is 1. The number of nitrogens with zero attached hydrogens (tertiary/aromatic N) is 3. The highest BCUT2D eigenvalue weighted by Crippen LogP contribution is 2.20. The van der Waals surface area contributed by atoms with E-state index in [2.05, 4.69) is 21.8 Å².